The molecule has 168 valence electrons. The van der Waals surface area contributed by atoms with E-state index in [1.54, 1.807) is 25.4 Å². The fourth-order valence-electron chi connectivity index (χ4n) is 3.38. The summed E-state index contributed by atoms with van der Waals surface area (Å²) in [5, 5.41) is 7.70. The van der Waals surface area contributed by atoms with E-state index in [0.29, 0.717) is 22.1 Å². The number of thiazole rings is 1. The quantitative estimate of drug-likeness (QED) is 0.564. The number of amides is 3. The van der Waals surface area contributed by atoms with Crippen molar-refractivity contribution in [2.45, 2.75) is 34.1 Å². The first kappa shape index (κ1) is 23.2. The highest BCUT2D eigenvalue weighted by Crippen LogP contribution is 2.22. The number of likely N-dealkylation sites (N-methyl/N-ethyl adjacent to an activating group) is 1. The first-order chi connectivity index (χ1) is 15.1. The van der Waals surface area contributed by atoms with Gasteiger partial charge in [-0.1, -0.05) is 17.7 Å². The van der Waals surface area contributed by atoms with Crippen LogP contribution in [0.25, 0.3) is 0 Å². The fourth-order valence-corrected chi connectivity index (χ4v) is 4.09. The van der Waals surface area contributed by atoms with Crippen LogP contribution in [0.4, 0.5) is 10.8 Å². The highest BCUT2D eigenvalue weighted by molar-refractivity contribution is 7.14. The third kappa shape index (κ3) is 5.61. The van der Waals surface area contributed by atoms with Crippen LogP contribution in [0.15, 0.2) is 34.3 Å². The maximum absolute atomic E-state index is 12.6. The minimum absolute atomic E-state index is 0.0312. The van der Waals surface area contributed by atoms with Gasteiger partial charge in [-0.25, -0.2) is 4.98 Å². The van der Waals surface area contributed by atoms with Gasteiger partial charge in [0, 0.05) is 18.1 Å². The van der Waals surface area contributed by atoms with Crippen LogP contribution in [0, 0.1) is 27.7 Å². The van der Waals surface area contributed by atoms with Crippen LogP contribution in [0.1, 0.15) is 38.5 Å². The number of anilines is 2. The van der Waals surface area contributed by atoms with Crippen molar-refractivity contribution in [3.63, 3.8) is 0 Å². The standard InChI is InChI=1S/C23H26N4O4S/c1-13-8-14(2)21(15(3)9-13)25-19(28)11-27(5)20(29)10-17-12-32-23(24-17)26-22(30)18-6-7-31-16(18)4/h6-9,12H,10-11H2,1-5H3,(H,25,28)(H,24,26,30). The summed E-state index contributed by atoms with van der Waals surface area (Å²) in [5.41, 5.74) is 4.82. The Kier molecular flexibility index (Phi) is 7.09. The number of furan rings is 1. The average molecular weight is 455 g/mol. The third-order valence-corrected chi connectivity index (χ3v) is 5.76. The summed E-state index contributed by atoms with van der Waals surface area (Å²) in [6.07, 6.45) is 1.48. The molecule has 2 N–H and O–H groups in total. The molecule has 0 aliphatic rings. The maximum Gasteiger partial charge on any atom is 0.260 e. The lowest BCUT2D eigenvalue weighted by Gasteiger charge is -2.18. The molecule has 0 spiro atoms. The number of aromatic nitrogens is 1. The van der Waals surface area contributed by atoms with Gasteiger partial charge in [-0.05, 0) is 44.9 Å². The molecule has 9 heteroatoms. The molecule has 2 aromatic heterocycles. The van der Waals surface area contributed by atoms with Crippen molar-refractivity contribution in [1.82, 2.24) is 9.88 Å². The van der Waals surface area contributed by atoms with Crippen molar-refractivity contribution in [2.75, 3.05) is 24.2 Å². The van der Waals surface area contributed by atoms with E-state index in [9.17, 15) is 14.4 Å². The van der Waals surface area contributed by atoms with Gasteiger partial charge in [-0.3, -0.25) is 19.7 Å². The summed E-state index contributed by atoms with van der Waals surface area (Å²) in [5.74, 6) is -0.312. The molecule has 0 atom stereocenters. The number of carbonyl (C=O) groups excluding carboxylic acids is 3. The normalized spacial score (nSPS) is 10.7. The number of nitrogens with one attached hydrogen (secondary N) is 2. The van der Waals surface area contributed by atoms with Gasteiger partial charge in [0.2, 0.25) is 11.8 Å². The monoisotopic (exact) mass is 454 g/mol. The van der Waals surface area contributed by atoms with E-state index < -0.39 is 0 Å². The van der Waals surface area contributed by atoms with Crippen LogP contribution in [0.5, 0.6) is 0 Å². The van der Waals surface area contributed by atoms with Crippen molar-refractivity contribution >= 4 is 39.9 Å². The van der Waals surface area contributed by atoms with E-state index in [-0.39, 0.29) is 30.7 Å². The van der Waals surface area contributed by atoms with E-state index in [0.717, 1.165) is 22.4 Å². The molecule has 3 amide bonds. The van der Waals surface area contributed by atoms with E-state index in [2.05, 4.69) is 15.6 Å². The van der Waals surface area contributed by atoms with Gasteiger partial charge in [-0.15, -0.1) is 11.3 Å². The minimum Gasteiger partial charge on any atom is -0.469 e. The zero-order valence-electron chi connectivity index (χ0n) is 18.7. The molecule has 32 heavy (non-hydrogen) atoms. The number of rotatable bonds is 7. The Bertz CT molecular complexity index is 1140. The molecule has 0 saturated heterocycles. The predicted octanol–water partition coefficient (Wildman–Crippen LogP) is 3.86. The number of benzene rings is 1. The Morgan fingerprint density at radius 1 is 1.09 bits per heavy atom. The van der Waals surface area contributed by atoms with Gasteiger partial charge >= 0.3 is 0 Å². The molecule has 3 aromatic rings. The van der Waals surface area contributed by atoms with Gasteiger partial charge in [0.05, 0.1) is 30.5 Å². The van der Waals surface area contributed by atoms with E-state index in [1.807, 2.05) is 32.9 Å². The summed E-state index contributed by atoms with van der Waals surface area (Å²) < 4.78 is 5.13. The van der Waals surface area contributed by atoms with E-state index in [1.165, 1.54) is 22.5 Å². The lowest BCUT2D eigenvalue weighted by molar-refractivity contribution is -0.132. The molecule has 0 fully saturated rings. The predicted molar refractivity (Wildman–Crippen MR) is 124 cm³/mol. The van der Waals surface area contributed by atoms with Gasteiger partial charge in [0.1, 0.15) is 5.76 Å². The van der Waals surface area contributed by atoms with Gasteiger partial charge in [0.15, 0.2) is 5.13 Å². The largest absolute Gasteiger partial charge is 0.469 e. The number of nitrogens with zero attached hydrogens (tertiary/aromatic N) is 2. The van der Waals surface area contributed by atoms with Crippen LogP contribution in [0.3, 0.4) is 0 Å². The molecule has 0 unspecified atom stereocenters. The van der Waals surface area contributed by atoms with Crippen molar-refractivity contribution in [3.05, 3.63) is 63.6 Å². The summed E-state index contributed by atoms with van der Waals surface area (Å²) in [4.78, 5) is 42.9. The fraction of sp³-hybridized carbons (Fsp3) is 0.304. The van der Waals surface area contributed by atoms with E-state index >= 15 is 0 Å². The van der Waals surface area contributed by atoms with Gasteiger partial charge < -0.3 is 14.6 Å². The zero-order chi connectivity index (χ0) is 23.4. The Hall–Kier alpha value is -3.46. The van der Waals surface area contributed by atoms with Crippen LogP contribution in [-0.2, 0) is 16.0 Å². The topological polar surface area (TPSA) is 105 Å². The molecule has 0 saturated carbocycles. The molecule has 8 nitrogen and oxygen atoms in total. The molecular weight excluding hydrogens is 428 g/mol. The number of carbonyl (C=O) groups is 3. The Morgan fingerprint density at radius 2 is 1.78 bits per heavy atom. The molecule has 0 aliphatic heterocycles. The Morgan fingerprint density at radius 3 is 2.41 bits per heavy atom. The molecule has 0 bridgehead atoms. The second kappa shape index (κ2) is 9.78. The molecule has 0 radical (unpaired) electrons. The highest BCUT2D eigenvalue weighted by Gasteiger charge is 2.18. The Labute approximate surface area is 190 Å². The van der Waals surface area contributed by atoms with Crippen molar-refractivity contribution < 1.29 is 18.8 Å². The second-order valence-electron chi connectivity index (χ2n) is 7.74. The molecule has 2 heterocycles. The summed E-state index contributed by atoms with van der Waals surface area (Å²) in [6, 6.07) is 5.59. The summed E-state index contributed by atoms with van der Waals surface area (Å²) in [7, 11) is 1.58. The van der Waals surface area contributed by atoms with Crippen molar-refractivity contribution in [3.8, 4) is 0 Å². The minimum atomic E-state index is -0.320. The smallest absolute Gasteiger partial charge is 0.260 e. The summed E-state index contributed by atoms with van der Waals surface area (Å²) >= 11 is 1.23. The molecular formula is C23H26N4O4S. The lowest BCUT2D eigenvalue weighted by atomic mass is 10.1. The van der Waals surface area contributed by atoms with E-state index in [4.69, 9.17) is 4.42 Å². The molecule has 3 rings (SSSR count). The van der Waals surface area contributed by atoms with Gasteiger partial charge in [0.25, 0.3) is 5.91 Å². The average Bonchev–Trinajstić information content (AvgIpc) is 3.33. The van der Waals surface area contributed by atoms with Crippen molar-refractivity contribution in [1.29, 1.82) is 0 Å². The third-order valence-electron chi connectivity index (χ3n) is 4.96. The highest BCUT2D eigenvalue weighted by atomic mass is 32.1. The molecule has 1 aromatic carbocycles. The SMILES string of the molecule is Cc1cc(C)c(NC(=O)CN(C)C(=O)Cc2csc(NC(=O)c3ccoc3C)n2)c(C)c1. The molecule has 0 aliphatic carbocycles. The first-order valence-corrected chi connectivity index (χ1v) is 10.9. The maximum atomic E-state index is 12.6. The van der Waals surface area contributed by atoms with Crippen LogP contribution in [0.2, 0.25) is 0 Å². The number of hydrogen-bond acceptors (Lipinski definition) is 6. The summed E-state index contributed by atoms with van der Waals surface area (Å²) in [6.45, 7) is 7.52. The van der Waals surface area contributed by atoms with Crippen LogP contribution in [-0.4, -0.2) is 41.2 Å². The second-order valence-corrected chi connectivity index (χ2v) is 8.60. The first-order valence-electron chi connectivity index (χ1n) is 10.1. The zero-order valence-corrected chi connectivity index (χ0v) is 19.6. The number of aryl methyl sites for hydroxylation is 4. The number of hydrogen-bond donors (Lipinski definition) is 2. The Balaban J connectivity index is 1.54. The van der Waals surface area contributed by atoms with Crippen LogP contribution >= 0.6 is 11.3 Å². The van der Waals surface area contributed by atoms with Gasteiger partial charge in [-0.2, -0.15) is 0 Å². The lowest BCUT2D eigenvalue weighted by Crippen LogP contribution is -2.36. The van der Waals surface area contributed by atoms with Crippen molar-refractivity contribution in [2.24, 2.45) is 0 Å². The van der Waals surface area contributed by atoms with Crippen LogP contribution < -0.4 is 10.6 Å².